The van der Waals surface area contributed by atoms with Crippen LogP contribution in [0.5, 0.6) is 0 Å². The van der Waals surface area contributed by atoms with Crippen molar-refractivity contribution in [3.8, 4) is 50.2 Å². The highest BCUT2D eigenvalue weighted by Gasteiger charge is 2.19. The smallest absolute Gasteiger partial charge is 0.136 e. The zero-order chi connectivity index (χ0) is 41.7. The van der Waals surface area contributed by atoms with Gasteiger partial charge in [-0.15, -0.1) is 0 Å². The van der Waals surface area contributed by atoms with E-state index in [-0.39, 0.29) is 0 Å². The molecule has 0 fully saturated rings. The number of hydrogen-bond acceptors (Lipinski definition) is 2. The lowest BCUT2D eigenvalue weighted by molar-refractivity contribution is 0.669. The van der Waals surface area contributed by atoms with Crippen molar-refractivity contribution in [3.05, 3.63) is 243 Å². The highest BCUT2D eigenvalue weighted by Crippen LogP contribution is 2.43. The Bertz CT molecular complexity index is 3570. The fourth-order valence-electron chi connectivity index (χ4n) is 9.44. The topological polar surface area (TPSA) is 21.3 Å². The molecule has 3 heteroatoms. The van der Waals surface area contributed by atoms with E-state index < -0.39 is 0 Å². The van der Waals surface area contributed by atoms with Crippen LogP contribution in [0.1, 0.15) is 0 Å². The molecule has 0 saturated heterocycles. The molecule has 0 radical (unpaired) electrons. The van der Waals surface area contributed by atoms with Crippen molar-refractivity contribution in [2.24, 2.45) is 0 Å². The van der Waals surface area contributed by atoms with Gasteiger partial charge >= 0.3 is 0 Å². The van der Waals surface area contributed by atoms with Crippen LogP contribution in [-0.4, -0.2) is 4.57 Å². The Hall–Kier alpha value is -8.40. The van der Waals surface area contributed by atoms with Gasteiger partial charge < -0.3 is 13.9 Å². The molecule has 10 aromatic carbocycles. The van der Waals surface area contributed by atoms with E-state index in [1.54, 1.807) is 0 Å². The third kappa shape index (κ3) is 6.46. The molecule has 0 N–H and O–H groups in total. The number of furan rings is 1. The highest BCUT2D eigenvalue weighted by atomic mass is 16.3. The predicted octanol–water partition coefficient (Wildman–Crippen LogP) is 16.8. The lowest BCUT2D eigenvalue weighted by atomic mass is 9.97. The normalized spacial score (nSPS) is 11.5. The van der Waals surface area contributed by atoms with Crippen LogP contribution in [0.3, 0.4) is 0 Å². The molecule has 0 aliphatic rings. The number of anilines is 3. The van der Waals surface area contributed by atoms with E-state index in [0.29, 0.717) is 0 Å². The van der Waals surface area contributed by atoms with E-state index in [0.717, 1.165) is 72.5 Å². The number of rotatable bonds is 8. The van der Waals surface area contributed by atoms with Gasteiger partial charge in [-0.1, -0.05) is 164 Å². The molecule has 0 bridgehead atoms. The number of benzene rings is 10. The van der Waals surface area contributed by atoms with Gasteiger partial charge in [-0.3, -0.25) is 0 Å². The van der Waals surface area contributed by atoms with Crippen LogP contribution in [0.25, 0.3) is 93.9 Å². The molecule has 0 aliphatic carbocycles. The number of aromatic nitrogens is 1. The quantitative estimate of drug-likeness (QED) is 0.153. The first-order chi connectivity index (χ1) is 31.2. The maximum atomic E-state index is 6.32. The zero-order valence-corrected chi connectivity index (χ0v) is 34.4. The second kappa shape index (κ2) is 15.3. The molecule has 2 heterocycles. The third-order valence-corrected chi connectivity index (χ3v) is 12.4. The largest absolute Gasteiger partial charge is 0.456 e. The standard InChI is InChI=1S/C60H40N2O/c1-3-16-41(17-4-1)44-20-13-22-49(37-44)61(50-23-14-21-45(38-50)52-27-15-31-59-60(52)55-26-9-12-30-58(55)63-59)48-34-32-43(33-35-48)47-36-46(42-18-5-2-6-19-42)39-51(40-47)62-56-28-10-7-24-53(56)54-25-8-11-29-57(54)62/h1-40H. The van der Waals surface area contributed by atoms with Crippen molar-refractivity contribution < 1.29 is 4.42 Å². The molecule has 0 atom stereocenters. The summed E-state index contributed by atoms with van der Waals surface area (Å²) in [5.74, 6) is 0. The monoisotopic (exact) mass is 804 g/mol. The van der Waals surface area contributed by atoms with E-state index in [9.17, 15) is 0 Å². The van der Waals surface area contributed by atoms with Gasteiger partial charge in [-0.05, 0) is 123 Å². The first kappa shape index (κ1) is 36.5. The second-order valence-corrected chi connectivity index (χ2v) is 16.1. The Morgan fingerprint density at radius 1 is 0.302 bits per heavy atom. The number of hydrogen-bond donors (Lipinski definition) is 0. The van der Waals surface area contributed by atoms with Crippen LogP contribution < -0.4 is 4.90 Å². The summed E-state index contributed by atoms with van der Waals surface area (Å²) in [4.78, 5) is 2.37. The molecule has 12 rings (SSSR count). The summed E-state index contributed by atoms with van der Waals surface area (Å²) in [5, 5.41) is 4.75. The van der Waals surface area contributed by atoms with Gasteiger partial charge in [-0.2, -0.15) is 0 Å². The van der Waals surface area contributed by atoms with Crippen molar-refractivity contribution in [3.63, 3.8) is 0 Å². The number of nitrogens with zero attached hydrogens (tertiary/aromatic N) is 2. The molecular formula is C60H40N2O. The first-order valence-corrected chi connectivity index (χ1v) is 21.5. The molecule has 296 valence electrons. The van der Waals surface area contributed by atoms with Gasteiger partial charge in [0.2, 0.25) is 0 Å². The summed E-state index contributed by atoms with van der Waals surface area (Å²) in [5.41, 5.74) is 17.8. The molecular weight excluding hydrogens is 765 g/mol. The van der Waals surface area contributed by atoms with Gasteiger partial charge in [0, 0.05) is 44.3 Å². The summed E-state index contributed by atoms with van der Waals surface area (Å²) in [6.45, 7) is 0. The van der Waals surface area contributed by atoms with Crippen LogP contribution in [0, 0.1) is 0 Å². The molecule has 0 saturated carbocycles. The number of para-hydroxylation sites is 3. The molecule has 3 nitrogen and oxygen atoms in total. The average molecular weight is 805 g/mol. The maximum absolute atomic E-state index is 6.32. The zero-order valence-electron chi connectivity index (χ0n) is 34.4. The predicted molar refractivity (Wildman–Crippen MR) is 264 cm³/mol. The summed E-state index contributed by atoms with van der Waals surface area (Å²) in [6.07, 6.45) is 0. The molecule has 0 aliphatic heterocycles. The van der Waals surface area contributed by atoms with Gasteiger partial charge in [-0.25, -0.2) is 0 Å². The van der Waals surface area contributed by atoms with Gasteiger partial charge in [0.25, 0.3) is 0 Å². The van der Waals surface area contributed by atoms with Crippen LogP contribution in [0.15, 0.2) is 247 Å². The maximum Gasteiger partial charge on any atom is 0.136 e. The minimum absolute atomic E-state index is 0.889. The van der Waals surface area contributed by atoms with E-state index in [1.807, 2.05) is 12.1 Å². The lowest BCUT2D eigenvalue weighted by Gasteiger charge is -2.27. The Balaban J connectivity index is 1.01. The Morgan fingerprint density at radius 3 is 1.46 bits per heavy atom. The minimum atomic E-state index is 0.889. The summed E-state index contributed by atoms with van der Waals surface area (Å²) >= 11 is 0. The fourth-order valence-corrected chi connectivity index (χ4v) is 9.44. The third-order valence-electron chi connectivity index (χ3n) is 12.4. The minimum Gasteiger partial charge on any atom is -0.456 e. The summed E-state index contributed by atoms with van der Waals surface area (Å²) in [6, 6.07) is 87.2. The van der Waals surface area contributed by atoms with Crippen LogP contribution >= 0.6 is 0 Å². The van der Waals surface area contributed by atoms with E-state index in [2.05, 4.69) is 240 Å². The Morgan fingerprint density at radius 2 is 0.794 bits per heavy atom. The lowest BCUT2D eigenvalue weighted by Crippen LogP contribution is -2.10. The molecule has 0 spiro atoms. The van der Waals surface area contributed by atoms with E-state index in [1.165, 1.54) is 38.5 Å². The SMILES string of the molecule is c1ccc(-c2cccc(N(c3ccc(-c4cc(-c5ccccc5)cc(-n5c6ccccc6c6ccccc65)c4)cc3)c3cccc(-c4cccc5oc6ccccc6c45)c3)c2)cc1. The molecule has 0 amide bonds. The Labute approximate surface area is 366 Å². The van der Waals surface area contributed by atoms with Crippen LogP contribution in [0.2, 0.25) is 0 Å². The average Bonchev–Trinajstić information content (AvgIpc) is 3.91. The second-order valence-electron chi connectivity index (χ2n) is 16.1. The van der Waals surface area contributed by atoms with E-state index in [4.69, 9.17) is 4.42 Å². The van der Waals surface area contributed by atoms with Gasteiger partial charge in [0.05, 0.1) is 11.0 Å². The molecule has 0 unspecified atom stereocenters. The van der Waals surface area contributed by atoms with Gasteiger partial charge in [0.15, 0.2) is 0 Å². The molecule has 2 aromatic heterocycles. The summed E-state index contributed by atoms with van der Waals surface area (Å²) in [7, 11) is 0. The van der Waals surface area contributed by atoms with Crippen molar-refractivity contribution in [2.75, 3.05) is 4.90 Å². The van der Waals surface area contributed by atoms with Crippen molar-refractivity contribution in [1.82, 2.24) is 4.57 Å². The van der Waals surface area contributed by atoms with E-state index >= 15 is 0 Å². The van der Waals surface area contributed by atoms with Crippen molar-refractivity contribution in [1.29, 1.82) is 0 Å². The first-order valence-electron chi connectivity index (χ1n) is 21.5. The highest BCUT2D eigenvalue weighted by molar-refractivity contribution is 6.13. The molecule has 63 heavy (non-hydrogen) atoms. The van der Waals surface area contributed by atoms with Crippen molar-refractivity contribution >= 4 is 60.8 Å². The number of fused-ring (bicyclic) bond motifs is 6. The van der Waals surface area contributed by atoms with Gasteiger partial charge in [0.1, 0.15) is 11.2 Å². The fraction of sp³-hybridized carbons (Fsp3) is 0. The van der Waals surface area contributed by atoms with Crippen LogP contribution in [0.4, 0.5) is 17.1 Å². The Kier molecular flexibility index (Phi) is 8.83. The van der Waals surface area contributed by atoms with Crippen molar-refractivity contribution in [2.45, 2.75) is 0 Å². The summed E-state index contributed by atoms with van der Waals surface area (Å²) < 4.78 is 8.73. The molecule has 12 aromatic rings. The van der Waals surface area contributed by atoms with Crippen LogP contribution in [-0.2, 0) is 0 Å².